The number of likely N-dealkylation sites (tertiary alicyclic amines) is 1. The lowest BCUT2D eigenvalue weighted by atomic mass is 10.0. The number of ether oxygens (including phenoxy) is 2. The number of amides is 2. The van der Waals surface area contributed by atoms with Crippen molar-refractivity contribution in [3.8, 4) is 11.5 Å². The number of carbonyl (C=O) groups excluding carboxylic acids is 1. The minimum absolute atomic E-state index is 0.0706. The Bertz CT molecular complexity index is 1100. The molecule has 1 saturated heterocycles. The van der Waals surface area contributed by atoms with E-state index >= 15 is 0 Å². The molecule has 0 bridgehead atoms. The van der Waals surface area contributed by atoms with E-state index in [1.807, 2.05) is 38.2 Å². The molecule has 2 amide bonds. The Morgan fingerprint density at radius 1 is 1.11 bits per heavy atom. The number of rotatable bonds is 7. The van der Waals surface area contributed by atoms with Crippen LogP contribution in [0.5, 0.6) is 11.5 Å². The van der Waals surface area contributed by atoms with Crippen LogP contribution in [0.4, 0.5) is 10.5 Å². The van der Waals surface area contributed by atoms with Crippen molar-refractivity contribution in [2.45, 2.75) is 38.3 Å². The number of hydrogen-bond donors (Lipinski definition) is 2. The maximum Gasteiger partial charge on any atom is 0.412 e. The van der Waals surface area contributed by atoms with Crippen molar-refractivity contribution >= 4 is 17.7 Å². The molecule has 1 unspecified atom stereocenters. The third-order valence-electron chi connectivity index (χ3n) is 6.68. The van der Waals surface area contributed by atoms with E-state index in [0.717, 1.165) is 31.5 Å². The summed E-state index contributed by atoms with van der Waals surface area (Å²) in [4.78, 5) is 28.9. The molecule has 0 spiro atoms. The number of nitrogens with one attached hydrogen (secondary N) is 1. The van der Waals surface area contributed by atoms with Crippen molar-refractivity contribution < 1.29 is 24.2 Å². The summed E-state index contributed by atoms with van der Waals surface area (Å²) in [7, 11) is 3.65. The third-order valence-corrected chi connectivity index (χ3v) is 6.68. The van der Waals surface area contributed by atoms with Gasteiger partial charge in [0.15, 0.2) is 11.5 Å². The number of hydrogen-bond acceptors (Lipinski definition) is 6. The predicted molar refractivity (Wildman–Crippen MR) is 137 cm³/mol. The Morgan fingerprint density at radius 3 is 2.47 bits per heavy atom. The fourth-order valence-electron chi connectivity index (χ4n) is 4.72. The van der Waals surface area contributed by atoms with Gasteiger partial charge in [0.25, 0.3) is 5.91 Å². The van der Waals surface area contributed by atoms with Gasteiger partial charge in [-0.1, -0.05) is 12.1 Å². The highest BCUT2D eigenvalue weighted by Crippen LogP contribution is 2.32. The first-order valence-electron chi connectivity index (χ1n) is 12.3. The first kappa shape index (κ1) is 25.5. The highest BCUT2D eigenvalue weighted by atomic mass is 16.5. The van der Waals surface area contributed by atoms with E-state index in [1.165, 1.54) is 9.91 Å². The molecule has 9 heteroatoms. The number of benzene rings is 2. The van der Waals surface area contributed by atoms with E-state index in [9.17, 15) is 14.7 Å². The number of carbonyl (C=O) groups is 2. The molecule has 1 atom stereocenters. The van der Waals surface area contributed by atoms with Gasteiger partial charge in [-0.25, -0.2) is 15.2 Å². The second-order valence-electron chi connectivity index (χ2n) is 9.05. The average Bonchev–Trinajstić information content (AvgIpc) is 2.90. The van der Waals surface area contributed by atoms with Crippen LogP contribution in [0.15, 0.2) is 54.7 Å². The number of carboxylic acid groups (broad SMARTS) is 1. The second-order valence-corrected chi connectivity index (χ2v) is 9.05. The molecular formula is C27H34N4O5. The van der Waals surface area contributed by atoms with Crippen molar-refractivity contribution in [1.29, 1.82) is 0 Å². The average molecular weight is 495 g/mol. The van der Waals surface area contributed by atoms with Gasteiger partial charge in [0.1, 0.15) is 0 Å². The smallest absolute Gasteiger partial charge is 0.412 e. The Hall–Kier alpha value is -3.56. The molecule has 0 saturated carbocycles. The molecule has 2 aromatic rings. The predicted octanol–water partition coefficient (Wildman–Crippen LogP) is 4.28. The molecule has 2 heterocycles. The topological polar surface area (TPSA) is 94.6 Å². The first-order valence-corrected chi connectivity index (χ1v) is 12.3. The van der Waals surface area contributed by atoms with Crippen LogP contribution >= 0.6 is 0 Å². The molecule has 4 rings (SSSR count). The Balaban J connectivity index is 1.47. The third kappa shape index (κ3) is 5.63. The van der Waals surface area contributed by atoms with Crippen molar-refractivity contribution in [3.05, 3.63) is 65.9 Å². The van der Waals surface area contributed by atoms with Crippen LogP contribution in [0, 0.1) is 0 Å². The second kappa shape index (κ2) is 11.5. The summed E-state index contributed by atoms with van der Waals surface area (Å²) in [6.45, 7) is 4.16. The van der Waals surface area contributed by atoms with Crippen molar-refractivity contribution in [2.24, 2.45) is 0 Å². The van der Waals surface area contributed by atoms with Crippen molar-refractivity contribution in [3.63, 3.8) is 0 Å². The maximum atomic E-state index is 13.2. The molecule has 1 fully saturated rings. The van der Waals surface area contributed by atoms with Gasteiger partial charge in [0, 0.05) is 23.5 Å². The molecular weight excluding hydrogens is 460 g/mol. The van der Waals surface area contributed by atoms with Crippen LogP contribution in [-0.4, -0.2) is 66.9 Å². The lowest BCUT2D eigenvalue weighted by Gasteiger charge is -2.35. The van der Waals surface area contributed by atoms with Crippen molar-refractivity contribution in [1.82, 2.24) is 15.3 Å². The standard InChI is InChI=1S/C27H34N4O5/c1-4-36-25-18-20(9-12-24(25)35-3)23-6-5-15-30(28-23)26(32)19-7-10-21(11-8-19)31(27(33)34)22-13-16-29(2)17-14-22/h5,7-12,15,18,22-23,28H,4,6,13-14,16-17H2,1-3H3,(H,33,34). The summed E-state index contributed by atoms with van der Waals surface area (Å²) in [5.74, 6) is 1.10. The number of nitrogens with zero attached hydrogens (tertiary/aromatic N) is 3. The summed E-state index contributed by atoms with van der Waals surface area (Å²) in [6, 6.07) is 12.4. The number of piperidine rings is 1. The highest BCUT2D eigenvalue weighted by Gasteiger charge is 2.29. The zero-order valence-electron chi connectivity index (χ0n) is 21.0. The molecule has 0 aromatic heterocycles. The van der Waals surface area contributed by atoms with E-state index in [1.54, 1.807) is 37.6 Å². The number of methoxy groups -OCH3 is 1. The molecule has 9 nitrogen and oxygen atoms in total. The molecule has 192 valence electrons. The molecule has 2 N–H and O–H groups in total. The largest absolute Gasteiger partial charge is 0.493 e. The SMILES string of the molecule is CCOc1cc(C2CC=CN(C(=O)c3ccc(N(C(=O)O)C4CCN(C)CC4)cc3)N2)ccc1OC. The van der Waals surface area contributed by atoms with E-state index in [4.69, 9.17) is 9.47 Å². The van der Waals surface area contributed by atoms with Crippen LogP contribution < -0.4 is 19.8 Å². The highest BCUT2D eigenvalue weighted by molar-refractivity contribution is 5.95. The Kier molecular flexibility index (Phi) is 8.12. The molecule has 2 aliphatic heterocycles. The van der Waals surface area contributed by atoms with Crippen molar-refractivity contribution in [2.75, 3.05) is 38.8 Å². The summed E-state index contributed by atoms with van der Waals surface area (Å²) >= 11 is 0. The summed E-state index contributed by atoms with van der Waals surface area (Å²) < 4.78 is 11.1. The zero-order chi connectivity index (χ0) is 25.7. The summed E-state index contributed by atoms with van der Waals surface area (Å²) in [5.41, 5.74) is 5.30. The zero-order valence-corrected chi connectivity index (χ0v) is 21.0. The lowest BCUT2D eigenvalue weighted by molar-refractivity contribution is 0.0713. The fourth-order valence-corrected chi connectivity index (χ4v) is 4.72. The van der Waals surface area contributed by atoms with Crippen LogP contribution in [0.3, 0.4) is 0 Å². The minimum atomic E-state index is -0.974. The van der Waals surface area contributed by atoms with Gasteiger partial charge in [0.2, 0.25) is 0 Å². The lowest BCUT2D eigenvalue weighted by Crippen LogP contribution is -2.46. The molecule has 36 heavy (non-hydrogen) atoms. The van der Waals surface area contributed by atoms with Gasteiger partial charge in [-0.2, -0.15) is 0 Å². The van der Waals surface area contributed by atoms with Gasteiger partial charge >= 0.3 is 6.09 Å². The normalized spacial score (nSPS) is 18.6. The van der Waals surface area contributed by atoms with Crippen LogP contribution in [0.25, 0.3) is 0 Å². The van der Waals surface area contributed by atoms with Gasteiger partial charge in [-0.3, -0.25) is 9.69 Å². The van der Waals surface area contributed by atoms with E-state index in [2.05, 4.69) is 10.3 Å². The Labute approximate surface area is 211 Å². The van der Waals surface area contributed by atoms with E-state index < -0.39 is 6.09 Å². The maximum absolute atomic E-state index is 13.2. The quantitative estimate of drug-likeness (QED) is 0.593. The van der Waals surface area contributed by atoms with E-state index in [0.29, 0.717) is 35.8 Å². The number of hydrazine groups is 1. The van der Waals surface area contributed by atoms with Crippen LogP contribution in [-0.2, 0) is 0 Å². The molecule has 2 aliphatic rings. The van der Waals surface area contributed by atoms with Crippen LogP contribution in [0.1, 0.15) is 48.1 Å². The molecule has 0 aliphatic carbocycles. The monoisotopic (exact) mass is 494 g/mol. The van der Waals surface area contributed by atoms with Crippen LogP contribution in [0.2, 0.25) is 0 Å². The first-order chi connectivity index (χ1) is 17.4. The molecule has 0 radical (unpaired) electrons. The molecule has 2 aromatic carbocycles. The van der Waals surface area contributed by atoms with Gasteiger partial charge < -0.3 is 19.5 Å². The van der Waals surface area contributed by atoms with Gasteiger partial charge in [-0.05, 0) is 88.3 Å². The Morgan fingerprint density at radius 2 is 1.83 bits per heavy atom. The van der Waals surface area contributed by atoms with Gasteiger partial charge in [-0.15, -0.1) is 0 Å². The minimum Gasteiger partial charge on any atom is -0.493 e. The summed E-state index contributed by atoms with van der Waals surface area (Å²) in [5, 5.41) is 11.3. The summed E-state index contributed by atoms with van der Waals surface area (Å²) in [6.07, 6.45) is 4.97. The number of anilines is 1. The fraction of sp³-hybridized carbons (Fsp3) is 0.407. The van der Waals surface area contributed by atoms with Gasteiger partial charge in [0.05, 0.1) is 19.8 Å². The van der Waals surface area contributed by atoms with E-state index in [-0.39, 0.29) is 18.0 Å².